The van der Waals surface area contributed by atoms with Crippen LogP contribution in [0.4, 0.5) is 21.3 Å². The Morgan fingerprint density at radius 3 is 2.62 bits per heavy atom. The van der Waals surface area contributed by atoms with Crippen LogP contribution in [-0.2, 0) is 0 Å². The minimum Gasteiger partial charge on any atom is -0.369 e. The van der Waals surface area contributed by atoms with Gasteiger partial charge in [-0.3, -0.25) is 5.32 Å². The van der Waals surface area contributed by atoms with E-state index >= 15 is 0 Å². The SMILES string of the molecule is O=C(Nc1ccc(N2CCNCC2)cc1)Nc1nc(C2CC2)cs1. The molecular formula is C17H21N5OS. The number of hydrogen-bond donors (Lipinski definition) is 3. The number of thiazole rings is 1. The van der Waals surface area contributed by atoms with Gasteiger partial charge in [-0.2, -0.15) is 0 Å². The van der Waals surface area contributed by atoms with E-state index in [1.54, 1.807) is 0 Å². The fourth-order valence-electron chi connectivity index (χ4n) is 2.85. The number of nitrogens with one attached hydrogen (secondary N) is 3. The summed E-state index contributed by atoms with van der Waals surface area (Å²) in [7, 11) is 0. The Balaban J connectivity index is 1.32. The summed E-state index contributed by atoms with van der Waals surface area (Å²) < 4.78 is 0. The van der Waals surface area contributed by atoms with Crippen LogP contribution in [0.25, 0.3) is 0 Å². The summed E-state index contributed by atoms with van der Waals surface area (Å²) in [4.78, 5) is 18.9. The lowest BCUT2D eigenvalue weighted by Gasteiger charge is -2.29. The average Bonchev–Trinajstić information content (AvgIpc) is 3.36. The molecule has 0 atom stereocenters. The number of nitrogens with zero attached hydrogens (tertiary/aromatic N) is 2. The molecule has 2 amide bonds. The first-order chi connectivity index (χ1) is 11.8. The summed E-state index contributed by atoms with van der Waals surface area (Å²) >= 11 is 1.48. The van der Waals surface area contributed by atoms with Gasteiger partial charge in [-0.1, -0.05) is 0 Å². The Morgan fingerprint density at radius 2 is 1.92 bits per heavy atom. The van der Waals surface area contributed by atoms with E-state index in [1.165, 1.54) is 29.9 Å². The minimum absolute atomic E-state index is 0.249. The molecule has 24 heavy (non-hydrogen) atoms. The first-order valence-corrected chi connectivity index (χ1v) is 9.25. The van der Waals surface area contributed by atoms with Gasteiger partial charge in [0.2, 0.25) is 0 Å². The monoisotopic (exact) mass is 343 g/mol. The molecule has 1 aliphatic heterocycles. The molecule has 0 unspecified atom stereocenters. The van der Waals surface area contributed by atoms with Gasteiger partial charge in [0.25, 0.3) is 0 Å². The van der Waals surface area contributed by atoms with Crippen LogP contribution in [0, 0.1) is 0 Å². The van der Waals surface area contributed by atoms with Crippen molar-refractivity contribution in [1.82, 2.24) is 10.3 Å². The zero-order chi connectivity index (χ0) is 16.4. The van der Waals surface area contributed by atoms with Crippen LogP contribution in [0.3, 0.4) is 0 Å². The van der Waals surface area contributed by atoms with Gasteiger partial charge in [-0.05, 0) is 37.1 Å². The van der Waals surface area contributed by atoms with Gasteiger partial charge >= 0.3 is 6.03 Å². The highest BCUT2D eigenvalue weighted by molar-refractivity contribution is 7.14. The van der Waals surface area contributed by atoms with Crippen molar-refractivity contribution >= 4 is 33.9 Å². The third-order valence-corrected chi connectivity index (χ3v) is 5.12. The second-order valence-corrected chi connectivity index (χ2v) is 7.07. The largest absolute Gasteiger partial charge is 0.369 e. The third kappa shape index (κ3) is 3.68. The van der Waals surface area contributed by atoms with Crippen LogP contribution in [0.1, 0.15) is 24.5 Å². The molecule has 0 bridgehead atoms. The highest BCUT2D eigenvalue weighted by Crippen LogP contribution is 2.40. The Bertz CT molecular complexity index is 704. The molecule has 3 N–H and O–H groups in total. The Kier molecular flexibility index (Phi) is 4.36. The summed E-state index contributed by atoms with van der Waals surface area (Å²) in [5.41, 5.74) is 3.08. The number of carbonyl (C=O) groups is 1. The lowest BCUT2D eigenvalue weighted by molar-refractivity contribution is 0.262. The second kappa shape index (κ2) is 6.78. The van der Waals surface area contributed by atoms with Gasteiger partial charge < -0.3 is 15.5 Å². The summed E-state index contributed by atoms with van der Waals surface area (Å²) in [6.07, 6.45) is 2.43. The zero-order valence-corrected chi connectivity index (χ0v) is 14.2. The van der Waals surface area contributed by atoms with Crippen molar-refractivity contribution in [3.63, 3.8) is 0 Å². The summed E-state index contributed by atoms with van der Waals surface area (Å²) in [5, 5.41) is 11.7. The molecule has 2 aliphatic rings. The van der Waals surface area contributed by atoms with Gasteiger partial charge in [0.1, 0.15) is 0 Å². The van der Waals surface area contributed by atoms with Gasteiger partial charge in [-0.15, -0.1) is 11.3 Å². The van der Waals surface area contributed by atoms with Crippen molar-refractivity contribution in [2.75, 3.05) is 41.7 Å². The maximum Gasteiger partial charge on any atom is 0.325 e. The second-order valence-electron chi connectivity index (χ2n) is 6.21. The number of hydrogen-bond acceptors (Lipinski definition) is 5. The number of carbonyl (C=O) groups excluding carboxylic acids is 1. The van der Waals surface area contributed by atoms with Crippen LogP contribution in [0.15, 0.2) is 29.6 Å². The Labute approximate surface area is 145 Å². The van der Waals surface area contributed by atoms with Crippen LogP contribution in [0.5, 0.6) is 0 Å². The maximum atomic E-state index is 12.1. The molecule has 126 valence electrons. The van der Waals surface area contributed by atoms with E-state index in [-0.39, 0.29) is 6.03 Å². The first kappa shape index (κ1) is 15.4. The van der Waals surface area contributed by atoms with E-state index in [9.17, 15) is 4.79 Å². The number of anilines is 3. The molecule has 1 aliphatic carbocycles. The van der Waals surface area contributed by atoms with Crippen molar-refractivity contribution < 1.29 is 4.79 Å². The summed E-state index contributed by atoms with van der Waals surface area (Å²) in [6.45, 7) is 4.05. The number of rotatable bonds is 4. The molecule has 2 fully saturated rings. The maximum absolute atomic E-state index is 12.1. The van der Waals surface area contributed by atoms with Crippen molar-refractivity contribution in [2.45, 2.75) is 18.8 Å². The lowest BCUT2D eigenvalue weighted by atomic mass is 10.2. The molecule has 4 rings (SSSR count). The molecule has 7 heteroatoms. The molecule has 1 saturated heterocycles. The lowest BCUT2D eigenvalue weighted by Crippen LogP contribution is -2.43. The van der Waals surface area contributed by atoms with Gasteiger partial charge in [0, 0.05) is 48.9 Å². The number of benzene rings is 1. The van der Waals surface area contributed by atoms with Crippen LogP contribution >= 0.6 is 11.3 Å². The first-order valence-electron chi connectivity index (χ1n) is 8.37. The topological polar surface area (TPSA) is 69.3 Å². The van der Waals surface area contributed by atoms with E-state index in [4.69, 9.17) is 0 Å². The van der Waals surface area contributed by atoms with Gasteiger partial charge in [0.05, 0.1) is 5.69 Å². The smallest absolute Gasteiger partial charge is 0.325 e. The van der Waals surface area contributed by atoms with Crippen LogP contribution in [-0.4, -0.2) is 37.2 Å². The molecule has 1 saturated carbocycles. The highest BCUT2D eigenvalue weighted by Gasteiger charge is 2.26. The number of aromatic nitrogens is 1. The minimum atomic E-state index is -0.249. The van der Waals surface area contributed by atoms with E-state index in [2.05, 4.69) is 38.0 Å². The molecule has 1 aromatic carbocycles. The van der Waals surface area contributed by atoms with Gasteiger partial charge in [0.15, 0.2) is 5.13 Å². The average molecular weight is 343 g/mol. The fourth-order valence-corrected chi connectivity index (χ4v) is 3.64. The third-order valence-electron chi connectivity index (χ3n) is 4.35. The van der Waals surface area contributed by atoms with Crippen LogP contribution < -0.4 is 20.9 Å². The van der Waals surface area contributed by atoms with Crippen molar-refractivity contribution in [2.24, 2.45) is 0 Å². The zero-order valence-electron chi connectivity index (χ0n) is 13.4. The number of piperazine rings is 1. The predicted molar refractivity (Wildman–Crippen MR) is 98.3 cm³/mol. The molecule has 1 aromatic heterocycles. The molecular weight excluding hydrogens is 322 g/mol. The number of urea groups is 1. The fraction of sp³-hybridized carbons (Fsp3) is 0.412. The molecule has 0 spiro atoms. The molecule has 2 aromatic rings. The molecule has 2 heterocycles. The normalized spacial score (nSPS) is 17.6. The standard InChI is InChI=1S/C17H21N5OS/c23-16(21-17-20-15(11-24-17)12-1-2-12)19-13-3-5-14(6-4-13)22-9-7-18-8-10-22/h3-6,11-12,18H,1-2,7-10H2,(H2,19,20,21,23). The number of amides is 2. The summed E-state index contributed by atoms with van der Waals surface area (Å²) in [5.74, 6) is 0.609. The predicted octanol–water partition coefficient (Wildman–Crippen LogP) is 3.07. The van der Waals surface area contributed by atoms with Crippen LogP contribution in [0.2, 0.25) is 0 Å². The highest BCUT2D eigenvalue weighted by atomic mass is 32.1. The summed E-state index contributed by atoms with van der Waals surface area (Å²) in [6, 6.07) is 7.73. The van der Waals surface area contributed by atoms with Crippen molar-refractivity contribution in [3.05, 3.63) is 35.3 Å². The van der Waals surface area contributed by atoms with Gasteiger partial charge in [-0.25, -0.2) is 9.78 Å². The Morgan fingerprint density at radius 1 is 1.17 bits per heavy atom. The quantitative estimate of drug-likeness (QED) is 0.798. The van der Waals surface area contributed by atoms with Crippen molar-refractivity contribution in [3.8, 4) is 0 Å². The van der Waals surface area contributed by atoms with E-state index < -0.39 is 0 Å². The molecule has 6 nitrogen and oxygen atoms in total. The van der Waals surface area contributed by atoms with Crippen molar-refractivity contribution in [1.29, 1.82) is 0 Å². The Hall–Kier alpha value is -2.12. The van der Waals surface area contributed by atoms with E-state index in [0.29, 0.717) is 11.0 Å². The van der Waals surface area contributed by atoms with E-state index in [1.807, 2.05) is 17.5 Å². The molecule has 0 radical (unpaired) electrons. The van der Waals surface area contributed by atoms with E-state index in [0.717, 1.165) is 37.6 Å².